The van der Waals surface area contributed by atoms with Gasteiger partial charge in [0, 0.05) is 17.3 Å². The molecule has 0 fully saturated rings. The molecule has 4 rings (SSSR count). The van der Waals surface area contributed by atoms with E-state index in [1.807, 2.05) is 48.5 Å². The van der Waals surface area contributed by atoms with Gasteiger partial charge in [-0.05, 0) is 35.9 Å². The van der Waals surface area contributed by atoms with Gasteiger partial charge in [0.25, 0.3) is 0 Å². The van der Waals surface area contributed by atoms with E-state index in [1.165, 1.54) is 12.1 Å². The van der Waals surface area contributed by atoms with Crippen molar-refractivity contribution in [3.63, 3.8) is 0 Å². The van der Waals surface area contributed by atoms with Gasteiger partial charge >= 0.3 is 0 Å². The number of hydrogen-bond acceptors (Lipinski definition) is 4. The maximum atomic E-state index is 11.6. The maximum Gasteiger partial charge on any atom is 0.238 e. The van der Waals surface area contributed by atoms with Crippen LogP contribution in [-0.2, 0) is 10.0 Å². The lowest BCUT2D eigenvalue weighted by Gasteiger charge is -2.08. The highest BCUT2D eigenvalue weighted by atomic mass is 32.2. The molecule has 0 atom stereocenters. The zero-order chi connectivity index (χ0) is 18.1. The Hall–Kier alpha value is -3.09. The minimum absolute atomic E-state index is 0.0615. The van der Waals surface area contributed by atoms with Crippen LogP contribution in [0, 0.1) is 0 Å². The summed E-state index contributed by atoms with van der Waals surface area (Å²) >= 11 is 0. The lowest BCUT2D eigenvalue weighted by atomic mass is 10.0. The molecule has 0 aliphatic heterocycles. The third-order valence-corrected chi connectivity index (χ3v) is 5.04. The average molecular weight is 361 g/mol. The van der Waals surface area contributed by atoms with Crippen LogP contribution in [0.15, 0.2) is 83.9 Å². The summed E-state index contributed by atoms with van der Waals surface area (Å²) in [6.07, 6.45) is 1.76. The van der Waals surface area contributed by atoms with Crippen LogP contribution >= 0.6 is 0 Å². The molecule has 0 amide bonds. The molecule has 5 nitrogen and oxygen atoms in total. The van der Waals surface area contributed by atoms with Crippen LogP contribution in [0.3, 0.4) is 0 Å². The molecule has 0 radical (unpaired) electrons. The third-order valence-electron chi connectivity index (χ3n) is 4.13. The zero-order valence-corrected chi connectivity index (χ0v) is 14.5. The van der Waals surface area contributed by atoms with Crippen molar-refractivity contribution in [3.8, 4) is 22.4 Å². The summed E-state index contributed by atoms with van der Waals surface area (Å²) in [6.45, 7) is 0. The quantitative estimate of drug-likeness (QED) is 0.604. The van der Waals surface area contributed by atoms with Crippen molar-refractivity contribution in [2.75, 3.05) is 0 Å². The summed E-state index contributed by atoms with van der Waals surface area (Å²) in [5, 5.41) is 5.24. The Morgan fingerprint density at radius 1 is 0.808 bits per heavy atom. The monoisotopic (exact) mass is 361 g/mol. The van der Waals surface area contributed by atoms with E-state index in [4.69, 9.17) is 10.1 Å². The predicted molar refractivity (Wildman–Crippen MR) is 102 cm³/mol. The predicted octanol–water partition coefficient (Wildman–Crippen LogP) is 3.61. The van der Waals surface area contributed by atoms with E-state index < -0.39 is 10.0 Å². The number of nitrogens with zero attached hydrogens (tertiary/aromatic N) is 2. The summed E-state index contributed by atoms with van der Waals surface area (Å²) in [6, 6.07) is 22.0. The zero-order valence-electron chi connectivity index (χ0n) is 13.7. The normalized spacial score (nSPS) is 11.6. The molecule has 6 heteroatoms. The van der Waals surface area contributed by atoms with Gasteiger partial charge < -0.3 is 0 Å². The molecule has 0 saturated heterocycles. The highest BCUT2D eigenvalue weighted by Gasteiger charge is 2.11. The van der Waals surface area contributed by atoms with Gasteiger partial charge in [0.2, 0.25) is 10.0 Å². The second-order valence-electron chi connectivity index (χ2n) is 5.86. The van der Waals surface area contributed by atoms with Crippen LogP contribution in [0.2, 0.25) is 0 Å². The summed E-state index contributed by atoms with van der Waals surface area (Å²) in [5.74, 6) is 0. The van der Waals surface area contributed by atoms with E-state index in [1.54, 1.807) is 18.3 Å². The number of benzene rings is 2. The molecule has 2 N–H and O–H groups in total. The Kier molecular flexibility index (Phi) is 3.99. The van der Waals surface area contributed by atoms with Crippen LogP contribution in [0.25, 0.3) is 33.4 Å². The molecule has 0 bridgehead atoms. The van der Waals surface area contributed by atoms with Crippen molar-refractivity contribution in [2.24, 2.45) is 5.14 Å². The van der Waals surface area contributed by atoms with Gasteiger partial charge in [-0.2, -0.15) is 0 Å². The molecule has 0 spiro atoms. The Labute approximate surface area is 151 Å². The van der Waals surface area contributed by atoms with E-state index in [2.05, 4.69) is 4.98 Å². The number of sulfonamides is 1. The van der Waals surface area contributed by atoms with Gasteiger partial charge in [-0.1, -0.05) is 42.5 Å². The van der Waals surface area contributed by atoms with Gasteiger partial charge in [0.15, 0.2) is 0 Å². The van der Waals surface area contributed by atoms with Crippen molar-refractivity contribution in [1.82, 2.24) is 9.97 Å². The Morgan fingerprint density at radius 2 is 1.58 bits per heavy atom. The van der Waals surface area contributed by atoms with Crippen molar-refractivity contribution >= 4 is 21.1 Å². The maximum absolute atomic E-state index is 11.6. The molecule has 2 heterocycles. The Morgan fingerprint density at radius 3 is 2.35 bits per heavy atom. The number of aromatic nitrogens is 2. The highest BCUT2D eigenvalue weighted by Crippen LogP contribution is 2.29. The number of hydrogen-bond donors (Lipinski definition) is 1. The van der Waals surface area contributed by atoms with Gasteiger partial charge in [-0.25, -0.2) is 18.5 Å². The number of primary sulfonamides is 1. The number of fused-ring (bicyclic) bond motifs is 1. The molecular formula is C20H15N3O2S. The van der Waals surface area contributed by atoms with E-state index in [0.29, 0.717) is 11.3 Å². The smallest absolute Gasteiger partial charge is 0.238 e. The first-order valence-corrected chi connectivity index (χ1v) is 9.51. The summed E-state index contributed by atoms with van der Waals surface area (Å²) in [7, 11) is -3.77. The first-order chi connectivity index (χ1) is 12.5. The first-order valence-electron chi connectivity index (χ1n) is 7.97. The minimum Gasteiger partial charge on any atom is -0.255 e. The van der Waals surface area contributed by atoms with Crippen molar-refractivity contribution in [1.29, 1.82) is 0 Å². The molecule has 0 saturated carbocycles. The molecule has 0 aliphatic carbocycles. The van der Waals surface area contributed by atoms with E-state index in [9.17, 15) is 8.42 Å². The van der Waals surface area contributed by atoms with Crippen molar-refractivity contribution < 1.29 is 8.42 Å². The summed E-state index contributed by atoms with van der Waals surface area (Å²) in [5.41, 5.74) is 4.90. The van der Waals surface area contributed by atoms with Gasteiger partial charge in [0.05, 0.1) is 21.6 Å². The molecule has 0 aliphatic rings. The van der Waals surface area contributed by atoms with E-state index >= 15 is 0 Å². The summed E-state index contributed by atoms with van der Waals surface area (Å²) < 4.78 is 23.2. The first kappa shape index (κ1) is 16.4. The topological polar surface area (TPSA) is 85.9 Å². The fourth-order valence-electron chi connectivity index (χ4n) is 2.87. The van der Waals surface area contributed by atoms with Crippen LogP contribution in [0.1, 0.15) is 0 Å². The van der Waals surface area contributed by atoms with Crippen LogP contribution < -0.4 is 5.14 Å². The van der Waals surface area contributed by atoms with Gasteiger partial charge in [-0.3, -0.25) is 4.98 Å². The van der Waals surface area contributed by atoms with Crippen LogP contribution in [-0.4, -0.2) is 18.4 Å². The second kappa shape index (κ2) is 6.33. The fraction of sp³-hybridized carbons (Fsp3) is 0. The fourth-order valence-corrected chi connectivity index (χ4v) is 3.43. The number of pyridine rings is 2. The Bertz CT molecular complexity index is 1210. The largest absolute Gasteiger partial charge is 0.255 e. The summed E-state index contributed by atoms with van der Waals surface area (Å²) in [4.78, 5) is 9.19. The van der Waals surface area contributed by atoms with Gasteiger partial charge in [-0.15, -0.1) is 0 Å². The van der Waals surface area contributed by atoms with Crippen LogP contribution in [0.4, 0.5) is 0 Å². The number of rotatable bonds is 3. The molecule has 26 heavy (non-hydrogen) atoms. The molecule has 0 unspecified atom stereocenters. The van der Waals surface area contributed by atoms with E-state index in [0.717, 1.165) is 22.2 Å². The molecule has 2 aromatic carbocycles. The standard InChI is InChI=1S/C20H15N3O2S/c21-26(24,25)16-8-4-7-15(13-16)18-9-10-19-20(23-18)17(11-12-22-19)14-5-2-1-3-6-14/h1-13H,(H2,21,24,25). The minimum atomic E-state index is -3.77. The SMILES string of the molecule is NS(=O)(=O)c1cccc(-c2ccc3nccc(-c4ccccc4)c3n2)c1. The molecule has 4 aromatic rings. The van der Waals surface area contributed by atoms with Crippen molar-refractivity contribution in [2.45, 2.75) is 4.90 Å². The lowest BCUT2D eigenvalue weighted by Crippen LogP contribution is -2.11. The highest BCUT2D eigenvalue weighted by molar-refractivity contribution is 7.89. The lowest BCUT2D eigenvalue weighted by molar-refractivity contribution is 0.598. The molecule has 2 aromatic heterocycles. The second-order valence-corrected chi connectivity index (χ2v) is 7.42. The average Bonchev–Trinajstić information content (AvgIpc) is 2.67. The van der Waals surface area contributed by atoms with Gasteiger partial charge in [0.1, 0.15) is 0 Å². The number of nitrogens with two attached hydrogens (primary N) is 1. The van der Waals surface area contributed by atoms with Crippen LogP contribution in [0.5, 0.6) is 0 Å². The molecule has 128 valence electrons. The third kappa shape index (κ3) is 3.08. The van der Waals surface area contributed by atoms with E-state index in [-0.39, 0.29) is 4.90 Å². The van der Waals surface area contributed by atoms with Crippen molar-refractivity contribution in [3.05, 3.63) is 79.0 Å². The molecular weight excluding hydrogens is 346 g/mol. The Balaban J connectivity index is 1.91.